The molecule has 1 aromatic rings. The number of hydrogen-bond donors (Lipinski definition) is 1. The molecule has 2 rings (SSSR count). The number of esters is 1. The SMILES string of the molecule is CC1(C)OC(=O)C=C(C[C@H](O)/C=C/c2ccccc2)O1. The smallest absolute Gasteiger partial charge is 0.337 e. The Kier molecular flexibility index (Phi) is 4.25. The van der Waals surface area contributed by atoms with Crippen LogP contribution in [0.2, 0.25) is 0 Å². The molecule has 1 aromatic carbocycles. The average molecular weight is 274 g/mol. The van der Waals surface area contributed by atoms with Gasteiger partial charge in [-0.15, -0.1) is 0 Å². The normalized spacial score (nSPS) is 19.1. The Bertz CT molecular complexity index is 529. The lowest BCUT2D eigenvalue weighted by molar-refractivity contribution is -0.206. The third-order valence-electron chi connectivity index (χ3n) is 2.72. The van der Waals surface area contributed by atoms with Gasteiger partial charge < -0.3 is 14.6 Å². The van der Waals surface area contributed by atoms with Crippen LogP contribution in [0.15, 0.2) is 48.2 Å². The van der Waals surface area contributed by atoms with Gasteiger partial charge in [0.15, 0.2) is 0 Å². The molecule has 0 saturated heterocycles. The Morgan fingerprint density at radius 3 is 2.60 bits per heavy atom. The van der Waals surface area contributed by atoms with Gasteiger partial charge in [-0.05, 0) is 5.56 Å². The second-order valence-corrected chi connectivity index (χ2v) is 5.07. The standard InChI is InChI=1S/C16H18O4/c1-16(2)19-14(11-15(18)20-16)10-13(17)9-8-12-6-4-3-5-7-12/h3-9,11,13,17H,10H2,1-2H3/b9-8+/t13-/m1/s1. The fourth-order valence-electron chi connectivity index (χ4n) is 1.93. The Morgan fingerprint density at radius 1 is 1.25 bits per heavy atom. The molecule has 1 aliphatic rings. The van der Waals surface area contributed by atoms with Crippen molar-refractivity contribution in [3.63, 3.8) is 0 Å². The molecule has 1 aliphatic heterocycles. The summed E-state index contributed by atoms with van der Waals surface area (Å²) < 4.78 is 10.5. The molecule has 0 spiro atoms. The number of aliphatic hydroxyl groups is 1. The second kappa shape index (κ2) is 5.92. The lowest BCUT2D eigenvalue weighted by Crippen LogP contribution is -2.34. The Labute approximate surface area is 118 Å². The number of hydrogen-bond acceptors (Lipinski definition) is 4. The van der Waals surface area contributed by atoms with Crippen LogP contribution in [0.1, 0.15) is 25.8 Å². The van der Waals surface area contributed by atoms with Crippen molar-refractivity contribution in [2.75, 3.05) is 0 Å². The zero-order valence-electron chi connectivity index (χ0n) is 11.6. The van der Waals surface area contributed by atoms with Gasteiger partial charge in [0.25, 0.3) is 0 Å². The van der Waals surface area contributed by atoms with Gasteiger partial charge >= 0.3 is 5.97 Å². The van der Waals surface area contributed by atoms with Crippen LogP contribution in [0.5, 0.6) is 0 Å². The molecule has 1 atom stereocenters. The molecular formula is C16H18O4. The summed E-state index contributed by atoms with van der Waals surface area (Å²) in [6, 6.07) is 9.68. The Hall–Kier alpha value is -2.07. The summed E-state index contributed by atoms with van der Waals surface area (Å²) in [5.74, 6) is -1.00. The molecule has 0 aromatic heterocycles. The summed E-state index contributed by atoms with van der Waals surface area (Å²) in [6.07, 6.45) is 4.29. The van der Waals surface area contributed by atoms with Gasteiger partial charge in [0.2, 0.25) is 5.79 Å². The minimum absolute atomic E-state index is 0.238. The Balaban J connectivity index is 1.96. The summed E-state index contributed by atoms with van der Waals surface area (Å²) in [7, 11) is 0. The number of ether oxygens (including phenoxy) is 2. The van der Waals surface area contributed by atoms with Gasteiger partial charge in [-0.2, -0.15) is 0 Å². The average Bonchev–Trinajstić information content (AvgIpc) is 2.35. The van der Waals surface area contributed by atoms with Crippen LogP contribution in [-0.4, -0.2) is 23.0 Å². The van der Waals surface area contributed by atoms with Crippen molar-refractivity contribution in [1.82, 2.24) is 0 Å². The van der Waals surface area contributed by atoms with Gasteiger partial charge in [-0.25, -0.2) is 4.79 Å². The molecule has 0 amide bonds. The van der Waals surface area contributed by atoms with Gasteiger partial charge in [-0.1, -0.05) is 42.5 Å². The van der Waals surface area contributed by atoms with E-state index in [1.54, 1.807) is 19.9 Å². The largest absolute Gasteiger partial charge is 0.457 e. The zero-order valence-corrected chi connectivity index (χ0v) is 11.6. The van der Waals surface area contributed by atoms with Crippen LogP contribution >= 0.6 is 0 Å². The lowest BCUT2D eigenvalue weighted by Gasteiger charge is -2.31. The number of carbonyl (C=O) groups is 1. The first-order valence-electron chi connectivity index (χ1n) is 6.48. The molecule has 0 fully saturated rings. The number of rotatable bonds is 4. The van der Waals surface area contributed by atoms with Crippen LogP contribution in [0, 0.1) is 0 Å². The molecule has 0 saturated carbocycles. The second-order valence-electron chi connectivity index (χ2n) is 5.07. The molecule has 0 aliphatic carbocycles. The molecule has 1 heterocycles. The monoisotopic (exact) mass is 274 g/mol. The predicted molar refractivity (Wildman–Crippen MR) is 75.4 cm³/mol. The van der Waals surface area contributed by atoms with E-state index in [0.29, 0.717) is 5.76 Å². The predicted octanol–water partition coefficient (Wildman–Crippen LogP) is 2.64. The summed E-state index contributed by atoms with van der Waals surface area (Å²) >= 11 is 0. The summed E-state index contributed by atoms with van der Waals surface area (Å²) in [4.78, 5) is 11.4. The molecule has 106 valence electrons. The van der Waals surface area contributed by atoms with Crippen LogP contribution < -0.4 is 0 Å². The van der Waals surface area contributed by atoms with E-state index in [1.165, 1.54) is 6.08 Å². The van der Waals surface area contributed by atoms with Gasteiger partial charge in [0.05, 0.1) is 12.2 Å². The topological polar surface area (TPSA) is 55.8 Å². The highest BCUT2D eigenvalue weighted by atomic mass is 16.7. The number of cyclic esters (lactones) is 1. The first kappa shape index (κ1) is 14.3. The van der Waals surface area contributed by atoms with Gasteiger partial charge in [0.1, 0.15) is 5.76 Å². The van der Waals surface area contributed by atoms with Crippen molar-refractivity contribution >= 4 is 12.0 Å². The fourth-order valence-corrected chi connectivity index (χ4v) is 1.93. The minimum Gasteiger partial charge on any atom is -0.457 e. The van der Waals surface area contributed by atoms with Crippen molar-refractivity contribution in [3.8, 4) is 0 Å². The van der Waals surface area contributed by atoms with E-state index < -0.39 is 17.9 Å². The van der Waals surface area contributed by atoms with E-state index >= 15 is 0 Å². The molecular weight excluding hydrogens is 256 g/mol. The first-order chi connectivity index (χ1) is 9.44. The third-order valence-corrected chi connectivity index (χ3v) is 2.72. The lowest BCUT2D eigenvalue weighted by atomic mass is 10.1. The van der Waals surface area contributed by atoms with E-state index in [4.69, 9.17) is 9.47 Å². The summed E-state index contributed by atoms with van der Waals surface area (Å²) in [6.45, 7) is 3.31. The van der Waals surface area contributed by atoms with E-state index in [2.05, 4.69) is 0 Å². The quantitative estimate of drug-likeness (QED) is 0.858. The fraction of sp³-hybridized carbons (Fsp3) is 0.312. The molecule has 4 heteroatoms. The summed E-state index contributed by atoms with van der Waals surface area (Å²) in [5, 5.41) is 9.96. The zero-order chi connectivity index (χ0) is 14.6. The van der Waals surface area contributed by atoms with Crippen LogP contribution in [0.25, 0.3) is 6.08 Å². The molecule has 0 bridgehead atoms. The maximum absolute atomic E-state index is 11.4. The highest BCUT2D eigenvalue weighted by molar-refractivity contribution is 5.83. The third kappa shape index (κ3) is 4.24. The van der Waals surface area contributed by atoms with Crippen molar-refractivity contribution in [2.45, 2.75) is 32.2 Å². The van der Waals surface area contributed by atoms with E-state index in [-0.39, 0.29) is 6.42 Å². The van der Waals surface area contributed by atoms with Gasteiger partial charge in [-0.3, -0.25) is 0 Å². The highest BCUT2D eigenvalue weighted by Gasteiger charge is 2.30. The number of benzene rings is 1. The van der Waals surface area contributed by atoms with Crippen LogP contribution in [0.3, 0.4) is 0 Å². The van der Waals surface area contributed by atoms with Crippen molar-refractivity contribution in [3.05, 3.63) is 53.8 Å². The number of carbonyl (C=O) groups excluding carboxylic acids is 1. The maximum Gasteiger partial charge on any atom is 0.337 e. The van der Waals surface area contributed by atoms with Crippen molar-refractivity contribution in [2.24, 2.45) is 0 Å². The highest BCUT2D eigenvalue weighted by Crippen LogP contribution is 2.24. The minimum atomic E-state index is -0.982. The van der Waals surface area contributed by atoms with E-state index in [9.17, 15) is 9.90 Å². The maximum atomic E-state index is 11.4. The molecule has 1 N–H and O–H groups in total. The molecule has 4 nitrogen and oxygen atoms in total. The Morgan fingerprint density at radius 2 is 1.95 bits per heavy atom. The van der Waals surface area contributed by atoms with E-state index in [0.717, 1.165) is 5.56 Å². The summed E-state index contributed by atoms with van der Waals surface area (Å²) in [5.41, 5.74) is 1.00. The van der Waals surface area contributed by atoms with Crippen LogP contribution in [0.4, 0.5) is 0 Å². The van der Waals surface area contributed by atoms with Crippen molar-refractivity contribution < 1.29 is 19.4 Å². The van der Waals surface area contributed by atoms with E-state index in [1.807, 2.05) is 36.4 Å². The first-order valence-corrected chi connectivity index (χ1v) is 6.48. The number of aliphatic hydroxyl groups excluding tert-OH is 1. The van der Waals surface area contributed by atoms with Crippen LogP contribution in [-0.2, 0) is 14.3 Å². The van der Waals surface area contributed by atoms with Gasteiger partial charge in [0, 0.05) is 20.3 Å². The molecule has 0 unspecified atom stereocenters. The molecule has 0 radical (unpaired) electrons. The molecule has 20 heavy (non-hydrogen) atoms. The van der Waals surface area contributed by atoms with Crippen molar-refractivity contribution in [1.29, 1.82) is 0 Å².